The molecular weight excluding hydrogens is 238 g/mol. The van der Waals surface area contributed by atoms with Gasteiger partial charge in [0.15, 0.2) is 0 Å². The molecule has 1 fully saturated rings. The van der Waals surface area contributed by atoms with Crippen LogP contribution < -0.4 is 5.32 Å². The van der Waals surface area contributed by atoms with Crippen molar-refractivity contribution in [3.8, 4) is 11.4 Å². The number of nitrogens with zero attached hydrogens (tertiary/aromatic N) is 4. The van der Waals surface area contributed by atoms with Gasteiger partial charge in [-0.15, -0.1) is 0 Å². The Labute approximate surface area is 113 Å². The molecule has 2 aromatic heterocycles. The summed E-state index contributed by atoms with van der Waals surface area (Å²) in [6.45, 7) is 6.05. The highest BCUT2D eigenvalue weighted by Gasteiger charge is 2.20. The topological polar surface area (TPSA) is 55.6 Å². The first-order valence-electron chi connectivity index (χ1n) is 6.70. The Bertz CT molecular complexity index is 596. The second-order valence-electron chi connectivity index (χ2n) is 5.16. The maximum absolute atomic E-state index is 4.60. The van der Waals surface area contributed by atoms with Crippen molar-refractivity contribution in [2.24, 2.45) is 7.05 Å². The van der Waals surface area contributed by atoms with Crippen molar-refractivity contribution in [2.75, 3.05) is 13.1 Å². The molecule has 1 aliphatic heterocycles. The quantitative estimate of drug-likeness (QED) is 0.887. The van der Waals surface area contributed by atoms with Crippen molar-refractivity contribution in [1.82, 2.24) is 24.8 Å². The second-order valence-corrected chi connectivity index (χ2v) is 5.16. The average molecular weight is 257 g/mol. The maximum atomic E-state index is 4.60. The van der Waals surface area contributed by atoms with Crippen LogP contribution in [0.3, 0.4) is 0 Å². The Kier molecular flexibility index (Phi) is 3.06. The zero-order chi connectivity index (χ0) is 13.4. The van der Waals surface area contributed by atoms with E-state index in [4.69, 9.17) is 0 Å². The molecule has 0 spiro atoms. The lowest BCUT2D eigenvalue weighted by molar-refractivity contribution is 0.724. The molecule has 3 rings (SSSR count). The number of rotatable bonds is 2. The van der Waals surface area contributed by atoms with Gasteiger partial charge in [0.05, 0.1) is 17.6 Å². The van der Waals surface area contributed by atoms with Gasteiger partial charge in [-0.2, -0.15) is 0 Å². The number of hydrogen-bond donors (Lipinski definition) is 1. The minimum Gasteiger partial charge on any atom is -0.330 e. The monoisotopic (exact) mass is 257 g/mol. The molecular formula is C14H19N5. The SMILES string of the molecule is Cc1nc(-c2cnc(C)n2C)cc([C@@H]2CCNC2)n1. The Hall–Kier alpha value is -1.75. The largest absolute Gasteiger partial charge is 0.330 e. The molecule has 1 atom stereocenters. The summed E-state index contributed by atoms with van der Waals surface area (Å²) in [5.74, 6) is 2.34. The van der Waals surface area contributed by atoms with Gasteiger partial charge in [-0.25, -0.2) is 15.0 Å². The lowest BCUT2D eigenvalue weighted by Gasteiger charge is -2.11. The summed E-state index contributed by atoms with van der Waals surface area (Å²) in [5, 5.41) is 3.39. The summed E-state index contributed by atoms with van der Waals surface area (Å²) < 4.78 is 2.07. The molecule has 0 bridgehead atoms. The van der Waals surface area contributed by atoms with E-state index in [1.807, 2.05) is 27.1 Å². The number of aryl methyl sites for hydroxylation is 2. The van der Waals surface area contributed by atoms with Crippen LogP contribution in [0.25, 0.3) is 11.4 Å². The number of imidazole rings is 1. The average Bonchev–Trinajstić information content (AvgIpc) is 3.01. The first-order chi connectivity index (χ1) is 9.15. The molecule has 0 unspecified atom stereocenters. The van der Waals surface area contributed by atoms with Crippen LogP contribution in [0.1, 0.15) is 29.7 Å². The Morgan fingerprint density at radius 1 is 1.32 bits per heavy atom. The van der Waals surface area contributed by atoms with Crippen LogP contribution in [0.5, 0.6) is 0 Å². The van der Waals surface area contributed by atoms with E-state index in [1.54, 1.807) is 0 Å². The molecule has 0 aliphatic carbocycles. The van der Waals surface area contributed by atoms with Crippen molar-refractivity contribution in [3.05, 3.63) is 29.6 Å². The second kappa shape index (κ2) is 4.74. The fourth-order valence-electron chi connectivity index (χ4n) is 2.58. The molecule has 2 aromatic rings. The molecule has 3 heterocycles. The summed E-state index contributed by atoms with van der Waals surface area (Å²) in [6.07, 6.45) is 3.04. The summed E-state index contributed by atoms with van der Waals surface area (Å²) in [5.41, 5.74) is 3.17. The number of aromatic nitrogens is 4. The Morgan fingerprint density at radius 3 is 2.79 bits per heavy atom. The predicted octanol–water partition coefficient (Wildman–Crippen LogP) is 1.57. The van der Waals surface area contributed by atoms with E-state index in [0.717, 1.165) is 48.2 Å². The zero-order valence-corrected chi connectivity index (χ0v) is 11.6. The van der Waals surface area contributed by atoms with Gasteiger partial charge in [0.25, 0.3) is 0 Å². The van der Waals surface area contributed by atoms with Crippen molar-refractivity contribution < 1.29 is 0 Å². The van der Waals surface area contributed by atoms with Crippen molar-refractivity contribution >= 4 is 0 Å². The molecule has 0 radical (unpaired) electrons. The summed E-state index contributed by atoms with van der Waals surface area (Å²) in [6, 6.07) is 2.11. The van der Waals surface area contributed by atoms with Gasteiger partial charge in [0, 0.05) is 25.2 Å². The molecule has 0 amide bonds. The van der Waals surface area contributed by atoms with E-state index >= 15 is 0 Å². The third kappa shape index (κ3) is 2.26. The number of hydrogen-bond acceptors (Lipinski definition) is 4. The minimum atomic E-state index is 0.509. The predicted molar refractivity (Wildman–Crippen MR) is 73.9 cm³/mol. The van der Waals surface area contributed by atoms with E-state index < -0.39 is 0 Å². The lowest BCUT2D eigenvalue weighted by Crippen LogP contribution is -2.10. The molecule has 5 nitrogen and oxygen atoms in total. The minimum absolute atomic E-state index is 0.509. The third-order valence-corrected chi connectivity index (χ3v) is 3.82. The van der Waals surface area contributed by atoms with Gasteiger partial charge >= 0.3 is 0 Å². The van der Waals surface area contributed by atoms with E-state index in [-0.39, 0.29) is 0 Å². The van der Waals surface area contributed by atoms with Gasteiger partial charge in [-0.05, 0) is 32.9 Å². The molecule has 100 valence electrons. The maximum Gasteiger partial charge on any atom is 0.126 e. The highest BCUT2D eigenvalue weighted by Crippen LogP contribution is 2.25. The zero-order valence-electron chi connectivity index (χ0n) is 11.6. The van der Waals surface area contributed by atoms with E-state index in [1.165, 1.54) is 0 Å². The van der Waals surface area contributed by atoms with Crippen molar-refractivity contribution in [1.29, 1.82) is 0 Å². The molecule has 0 saturated carbocycles. The van der Waals surface area contributed by atoms with Gasteiger partial charge in [-0.1, -0.05) is 0 Å². The molecule has 5 heteroatoms. The Morgan fingerprint density at radius 2 is 2.16 bits per heavy atom. The molecule has 19 heavy (non-hydrogen) atoms. The first-order valence-corrected chi connectivity index (χ1v) is 6.70. The summed E-state index contributed by atoms with van der Waals surface area (Å²) in [4.78, 5) is 13.5. The van der Waals surface area contributed by atoms with E-state index in [9.17, 15) is 0 Å². The number of nitrogens with one attached hydrogen (secondary N) is 1. The fourth-order valence-corrected chi connectivity index (χ4v) is 2.58. The third-order valence-electron chi connectivity index (χ3n) is 3.82. The Balaban J connectivity index is 2.04. The summed E-state index contributed by atoms with van der Waals surface area (Å²) >= 11 is 0. The molecule has 1 aliphatic rings. The van der Waals surface area contributed by atoms with Gasteiger partial charge < -0.3 is 9.88 Å². The van der Waals surface area contributed by atoms with Gasteiger partial charge in [0.1, 0.15) is 11.6 Å². The molecule has 1 saturated heterocycles. The first kappa shape index (κ1) is 12.3. The van der Waals surface area contributed by atoms with Crippen LogP contribution in [0, 0.1) is 13.8 Å². The van der Waals surface area contributed by atoms with Crippen molar-refractivity contribution in [3.63, 3.8) is 0 Å². The summed E-state index contributed by atoms with van der Waals surface area (Å²) in [7, 11) is 2.02. The highest BCUT2D eigenvalue weighted by molar-refractivity contribution is 5.55. The van der Waals surface area contributed by atoms with Gasteiger partial charge in [0.2, 0.25) is 0 Å². The van der Waals surface area contributed by atoms with Crippen LogP contribution in [0.15, 0.2) is 12.3 Å². The molecule has 1 N–H and O–H groups in total. The van der Waals surface area contributed by atoms with Gasteiger partial charge in [-0.3, -0.25) is 0 Å². The van der Waals surface area contributed by atoms with E-state index in [2.05, 4.69) is 30.9 Å². The normalized spacial score (nSPS) is 19.0. The smallest absolute Gasteiger partial charge is 0.126 e. The standard InChI is InChI=1S/C14H19N5/c1-9-17-12(11-4-5-15-7-11)6-13(18-9)14-8-16-10(2)19(14)3/h6,8,11,15H,4-5,7H2,1-3H3/t11-/m1/s1. The van der Waals surface area contributed by atoms with Crippen LogP contribution >= 0.6 is 0 Å². The van der Waals surface area contributed by atoms with E-state index in [0.29, 0.717) is 5.92 Å². The van der Waals surface area contributed by atoms with Crippen LogP contribution in [0.2, 0.25) is 0 Å². The molecule has 0 aromatic carbocycles. The van der Waals surface area contributed by atoms with Crippen LogP contribution in [-0.2, 0) is 7.05 Å². The fraction of sp³-hybridized carbons (Fsp3) is 0.500. The highest BCUT2D eigenvalue weighted by atomic mass is 15.1. The van der Waals surface area contributed by atoms with Crippen molar-refractivity contribution in [2.45, 2.75) is 26.2 Å². The lowest BCUT2D eigenvalue weighted by atomic mass is 10.0. The van der Waals surface area contributed by atoms with Crippen LogP contribution in [-0.4, -0.2) is 32.6 Å². The van der Waals surface area contributed by atoms with Crippen LogP contribution in [0.4, 0.5) is 0 Å².